The zero-order chi connectivity index (χ0) is 18.2. The number of aliphatic imine (C=N–C) groups is 1. The predicted molar refractivity (Wildman–Crippen MR) is 102 cm³/mol. The van der Waals surface area contributed by atoms with Gasteiger partial charge in [0.15, 0.2) is 5.82 Å². The van der Waals surface area contributed by atoms with E-state index in [1.165, 1.54) is 0 Å². The topological polar surface area (TPSA) is 116 Å². The van der Waals surface area contributed by atoms with Crippen LogP contribution in [0.15, 0.2) is 47.8 Å². The van der Waals surface area contributed by atoms with Crippen LogP contribution < -0.4 is 16.4 Å². The number of H-pyrrole nitrogens is 1. The summed E-state index contributed by atoms with van der Waals surface area (Å²) in [5.74, 6) is 2.10. The van der Waals surface area contributed by atoms with Crippen molar-refractivity contribution < 1.29 is 0 Å². The molecule has 1 aromatic carbocycles. The number of rotatable bonds is 3. The average molecular weight is 359 g/mol. The Kier molecular flexibility index (Phi) is 3.73. The highest BCUT2D eigenvalue weighted by atomic mass is 15.7. The lowest BCUT2D eigenvalue weighted by Crippen LogP contribution is -2.32. The fourth-order valence-corrected chi connectivity index (χ4v) is 3.08. The zero-order valence-electron chi connectivity index (χ0n) is 14.6. The number of benzene rings is 1. The number of nitrogens with zero attached hydrogens (tertiary/aromatic N) is 5. The van der Waals surface area contributed by atoms with Gasteiger partial charge in [-0.25, -0.2) is 20.4 Å². The van der Waals surface area contributed by atoms with Crippen LogP contribution in [0.4, 0.5) is 5.82 Å². The van der Waals surface area contributed by atoms with E-state index in [1.807, 2.05) is 25.3 Å². The Hall–Kier alpha value is -3.43. The minimum Gasteiger partial charge on any atom is -0.294 e. The van der Waals surface area contributed by atoms with Crippen molar-refractivity contribution in [2.75, 3.05) is 0 Å². The molecule has 0 amide bonds. The molecule has 0 bridgehead atoms. The Bertz CT molecular complexity index is 1160. The van der Waals surface area contributed by atoms with Crippen molar-refractivity contribution in [3.05, 3.63) is 54.2 Å². The average Bonchev–Trinajstić information content (AvgIpc) is 3.30. The molecule has 1 aliphatic rings. The first-order chi connectivity index (χ1) is 13.3. The van der Waals surface area contributed by atoms with E-state index in [9.17, 15) is 0 Å². The second-order valence-corrected chi connectivity index (χ2v) is 6.44. The van der Waals surface area contributed by atoms with E-state index in [1.54, 1.807) is 12.4 Å². The lowest BCUT2D eigenvalue weighted by Gasteiger charge is -2.07. The molecule has 0 spiro atoms. The van der Waals surface area contributed by atoms with Crippen molar-refractivity contribution in [3.8, 4) is 0 Å². The lowest BCUT2D eigenvalue weighted by molar-refractivity contribution is 0.561. The number of hydrogen-bond donors (Lipinski definition) is 4. The number of amidine groups is 1. The Morgan fingerprint density at radius 2 is 2.11 bits per heavy atom. The second-order valence-electron chi connectivity index (χ2n) is 6.44. The summed E-state index contributed by atoms with van der Waals surface area (Å²) in [7, 11) is 0. The number of aromatic amines is 1. The van der Waals surface area contributed by atoms with E-state index in [0.717, 1.165) is 33.2 Å². The van der Waals surface area contributed by atoms with E-state index in [0.29, 0.717) is 18.1 Å². The number of hydrazine groups is 2. The standard InChI is InChI=1S/C18H17N9/c1-10-17(26-27-24-10)23-18-13-4-5-19-9-15(13)21-16(22-18)7-11-2-3-14-12(6-11)8-20-25-14/h2-6,8-10,24,27H,7H2,1H3,(H,20,25)(H,21,22,23,26). The molecule has 4 heterocycles. The maximum atomic E-state index is 4.72. The monoisotopic (exact) mass is 359 g/mol. The van der Waals surface area contributed by atoms with Crippen LogP contribution >= 0.6 is 0 Å². The number of nitrogens with one attached hydrogen (secondary N) is 4. The van der Waals surface area contributed by atoms with Crippen molar-refractivity contribution in [1.29, 1.82) is 0 Å². The van der Waals surface area contributed by atoms with Gasteiger partial charge < -0.3 is 0 Å². The molecule has 1 fully saturated rings. The molecule has 1 aliphatic heterocycles. The lowest BCUT2D eigenvalue weighted by atomic mass is 10.1. The fraction of sp³-hybridized carbons (Fsp3) is 0.167. The summed E-state index contributed by atoms with van der Waals surface area (Å²) in [4.78, 5) is 18.3. The Morgan fingerprint density at radius 1 is 1.15 bits per heavy atom. The predicted octanol–water partition coefficient (Wildman–Crippen LogP) is 1.52. The molecule has 134 valence electrons. The molecule has 4 N–H and O–H groups in total. The van der Waals surface area contributed by atoms with Gasteiger partial charge in [0, 0.05) is 23.4 Å². The minimum absolute atomic E-state index is 0.0591. The maximum Gasteiger partial charge on any atom is 0.165 e. The van der Waals surface area contributed by atoms with Crippen LogP contribution in [0.1, 0.15) is 18.3 Å². The summed E-state index contributed by atoms with van der Waals surface area (Å²) in [5.41, 5.74) is 11.8. The number of fused-ring (bicyclic) bond motifs is 2. The Morgan fingerprint density at radius 3 is 3.00 bits per heavy atom. The van der Waals surface area contributed by atoms with Crippen molar-refractivity contribution >= 4 is 33.5 Å². The molecule has 0 saturated carbocycles. The van der Waals surface area contributed by atoms with Crippen LogP contribution in [0.5, 0.6) is 0 Å². The summed E-state index contributed by atoms with van der Waals surface area (Å²) in [6.07, 6.45) is 5.88. The molecule has 3 aromatic heterocycles. The maximum absolute atomic E-state index is 4.72. The first-order valence-corrected chi connectivity index (χ1v) is 8.64. The molecule has 1 atom stereocenters. The van der Waals surface area contributed by atoms with Gasteiger partial charge in [0.1, 0.15) is 11.7 Å². The third kappa shape index (κ3) is 2.98. The largest absolute Gasteiger partial charge is 0.294 e. The molecule has 9 nitrogen and oxygen atoms in total. The second kappa shape index (κ2) is 6.38. The highest BCUT2D eigenvalue weighted by Gasteiger charge is 2.17. The number of aromatic nitrogens is 5. The van der Waals surface area contributed by atoms with Gasteiger partial charge in [-0.3, -0.25) is 15.5 Å². The summed E-state index contributed by atoms with van der Waals surface area (Å²) in [6, 6.07) is 8.11. The van der Waals surface area contributed by atoms with Gasteiger partial charge in [0.25, 0.3) is 0 Å². The van der Waals surface area contributed by atoms with Gasteiger partial charge in [0.2, 0.25) is 0 Å². The Balaban J connectivity index is 1.58. The molecule has 0 radical (unpaired) electrons. The van der Waals surface area contributed by atoms with Crippen LogP contribution in [0.2, 0.25) is 0 Å². The molecular weight excluding hydrogens is 342 g/mol. The summed E-state index contributed by atoms with van der Waals surface area (Å²) in [6.45, 7) is 2.01. The van der Waals surface area contributed by atoms with Crippen LogP contribution in [-0.2, 0) is 6.42 Å². The normalized spacial score (nSPS) is 18.4. The third-order valence-corrected chi connectivity index (χ3v) is 4.51. The van der Waals surface area contributed by atoms with E-state index in [-0.39, 0.29) is 6.04 Å². The highest BCUT2D eigenvalue weighted by molar-refractivity contribution is 5.95. The molecule has 0 aliphatic carbocycles. The number of pyridine rings is 1. The van der Waals surface area contributed by atoms with Crippen molar-refractivity contribution in [3.63, 3.8) is 0 Å². The van der Waals surface area contributed by atoms with Gasteiger partial charge in [0.05, 0.1) is 29.5 Å². The van der Waals surface area contributed by atoms with Crippen LogP contribution in [0.25, 0.3) is 21.8 Å². The molecular formula is C18H17N9. The first-order valence-electron chi connectivity index (χ1n) is 8.64. The molecule has 4 aromatic rings. The van der Waals surface area contributed by atoms with E-state index < -0.39 is 0 Å². The van der Waals surface area contributed by atoms with E-state index in [4.69, 9.17) is 9.98 Å². The van der Waals surface area contributed by atoms with E-state index in [2.05, 4.69) is 48.7 Å². The van der Waals surface area contributed by atoms with Crippen molar-refractivity contribution in [2.24, 2.45) is 4.99 Å². The van der Waals surface area contributed by atoms with Crippen LogP contribution in [-0.4, -0.2) is 37.0 Å². The zero-order valence-corrected chi connectivity index (χ0v) is 14.6. The summed E-state index contributed by atoms with van der Waals surface area (Å²) >= 11 is 0. The van der Waals surface area contributed by atoms with Crippen molar-refractivity contribution in [1.82, 2.24) is 41.5 Å². The van der Waals surface area contributed by atoms with Crippen LogP contribution in [0.3, 0.4) is 0 Å². The van der Waals surface area contributed by atoms with Gasteiger partial charge >= 0.3 is 0 Å². The molecule has 5 rings (SSSR count). The van der Waals surface area contributed by atoms with E-state index >= 15 is 0 Å². The number of hydrogen-bond acceptors (Lipinski definition) is 7. The smallest absolute Gasteiger partial charge is 0.165 e. The molecule has 27 heavy (non-hydrogen) atoms. The summed E-state index contributed by atoms with van der Waals surface area (Å²) in [5, 5.41) is 8.96. The quantitative estimate of drug-likeness (QED) is 0.438. The van der Waals surface area contributed by atoms with Gasteiger partial charge in [-0.2, -0.15) is 10.6 Å². The molecule has 1 unspecified atom stereocenters. The third-order valence-electron chi connectivity index (χ3n) is 4.51. The van der Waals surface area contributed by atoms with Gasteiger partial charge in [-0.05, 0) is 30.7 Å². The van der Waals surface area contributed by atoms with Crippen molar-refractivity contribution in [2.45, 2.75) is 19.4 Å². The minimum atomic E-state index is 0.0591. The first kappa shape index (κ1) is 15.8. The highest BCUT2D eigenvalue weighted by Crippen LogP contribution is 2.24. The van der Waals surface area contributed by atoms with Gasteiger partial charge in [-0.15, -0.1) is 0 Å². The SMILES string of the molecule is CC1NNNC1=Nc1nc(Cc2ccc3[nH]ncc3c2)nc2cnccc12. The molecule has 9 heteroatoms. The summed E-state index contributed by atoms with van der Waals surface area (Å²) < 4.78 is 0. The Labute approximate surface area is 154 Å². The van der Waals surface area contributed by atoms with Crippen LogP contribution in [0, 0.1) is 0 Å². The molecule has 1 saturated heterocycles. The fourth-order valence-electron chi connectivity index (χ4n) is 3.08. The van der Waals surface area contributed by atoms with Gasteiger partial charge in [-0.1, -0.05) is 6.07 Å².